The van der Waals surface area contributed by atoms with Crippen molar-refractivity contribution in [3.8, 4) is 22.8 Å². The molecule has 0 bridgehead atoms. The van der Waals surface area contributed by atoms with Crippen LogP contribution in [0.1, 0.15) is 5.56 Å². The maximum atomic E-state index is 12.2. The van der Waals surface area contributed by atoms with Gasteiger partial charge in [0, 0.05) is 23.5 Å². The van der Waals surface area contributed by atoms with Crippen molar-refractivity contribution >= 4 is 17.7 Å². The number of carbonyl (C=O) groups is 1. The smallest absolute Gasteiger partial charge is 0.248 e. The minimum atomic E-state index is -0.221. The third-order valence-electron chi connectivity index (χ3n) is 3.78. The summed E-state index contributed by atoms with van der Waals surface area (Å²) >= 11 is 0. The molecule has 0 aliphatic carbocycles. The van der Waals surface area contributed by atoms with Gasteiger partial charge in [0.15, 0.2) is 11.5 Å². The Morgan fingerprint density at radius 3 is 2.65 bits per heavy atom. The van der Waals surface area contributed by atoms with E-state index < -0.39 is 0 Å². The molecule has 6 heteroatoms. The molecule has 0 atom stereocenters. The zero-order chi connectivity index (χ0) is 18.4. The fraction of sp³-hybridized carbons (Fsp3) is 0.100. The summed E-state index contributed by atoms with van der Waals surface area (Å²) in [5.41, 5.74) is 3.38. The lowest BCUT2D eigenvalue weighted by Gasteiger charge is -2.07. The topological polar surface area (TPSA) is 76.2 Å². The first kappa shape index (κ1) is 17.3. The standard InChI is InChI=1S/C20H19N3O3/c1-25-18-8-6-14(12-19(18)26-2)7-9-20(24)22-16-5-3-4-15(13-16)17-10-11-21-23-17/h3-13H,1-2H3,(H,21,23)(H,22,24)/b9-7+. The molecule has 1 amide bonds. The summed E-state index contributed by atoms with van der Waals surface area (Å²) in [4.78, 5) is 12.2. The van der Waals surface area contributed by atoms with Crippen molar-refractivity contribution in [3.63, 3.8) is 0 Å². The van der Waals surface area contributed by atoms with E-state index in [1.807, 2.05) is 42.5 Å². The summed E-state index contributed by atoms with van der Waals surface area (Å²) in [5.74, 6) is 1.04. The van der Waals surface area contributed by atoms with E-state index in [0.29, 0.717) is 17.2 Å². The van der Waals surface area contributed by atoms with Crippen LogP contribution in [0.5, 0.6) is 11.5 Å². The van der Waals surface area contributed by atoms with E-state index in [-0.39, 0.29) is 5.91 Å². The average molecular weight is 349 g/mol. The van der Waals surface area contributed by atoms with Gasteiger partial charge in [-0.25, -0.2) is 0 Å². The molecule has 1 aromatic heterocycles. The van der Waals surface area contributed by atoms with Gasteiger partial charge >= 0.3 is 0 Å². The van der Waals surface area contributed by atoms with Crippen LogP contribution in [0.3, 0.4) is 0 Å². The number of aromatic nitrogens is 2. The van der Waals surface area contributed by atoms with E-state index in [9.17, 15) is 4.79 Å². The number of nitrogens with one attached hydrogen (secondary N) is 2. The number of H-pyrrole nitrogens is 1. The third kappa shape index (κ3) is 4.10. The maximum absolute atomic E-state index is 12.2. The number of amides is 1. The molecule has 3 aromatic rings. The first-order valence-corrected chi connectivity index (χ1v) is 8.00. The van der Waals surface area contributed by atoms with Crippen molar-refractivity contribution in [1.82, 2.24) is 10.2 Å². The Morgan fingerprint density at radius 1 is 1.08 bits per heavy atom. The van der Waals surface area contributed by atoms with E-state index in [1.165, 1.54) is 6.08 Å². The highest BCUT2D eigenvalue weighted by Crippen LogP contribution is 2.28. The Labute approximate surface area is 151 Å². The maximum Gasteiger partial charge on any atom is 0.248 e. The summed E-state index contributed by atoms with van der Waals surface area (Å²) in [5, 5.41) is 9.69. The van der Waals surface area contributed by atoms with E-state index in [2.05, 4.69) is 15.5 Å². The van der Waals surface area contributed by atoms with Crippen LogP contribution in [0.25, 0.3) is 17.3 Å². The highest BCUT2D eigenvalue weighted by atomic mass is 16.5. The Hall–Kier alpha value is -3.54. The molecule has 0 fully saturated rings. The zero-order valence-corrected chi connectivity index (χ0v) is 14.5. The summed E-state index contributed by atoms with van der Waals surface area (Å²) in [6.45, 7) is 0. The molecule has 0 unspecified atom stereocenters. The zero-order valence-electron chi connectivity index (χ0n) is 14.5. The quantitative estimate of drug-likeness (QED) is 0.665. The van der Waals surface area contributed by atoms with E-state index in [0.717, 1.165) is 16.8 Å². The monoisotopic (exact) mass is 349 g/mol. The van der Waals surface area contributed by atoms with Gasteiger partial charge in [-0.3, -0.25) is 9.89 Å². The van der Waals surface area contributed by atoms with Gasteiger partial charge in [-0.2, -0.15) is 5.10 Å². The Bertz CT molecular complexity index is 918. The van der Waals surface area contributed by atoms with Gasteiger partial charge in [-0.15, -0.1) is 0 Å². The Balaban J connectivity index is 1.69. The van der Waals surface area contributed by atoms with Crippen LogP contribution in [-0.2, 0) is 4.79 Å². The fourth-order valence-corrected chi connectivity index (χ4v) is 2.49. The second-order valence-electron chi connectivity index (χ2n) is 5.49. The fourth-order valence-electron chi connectivity index (χ4n) is 2.49. The minimum Gasteiger partial charge on any atom is -0.493 e. The van der Waals surface area contributed by atoms with Crippen LogP contribution in [0.4, 0.5) is 5.69 Å². The number of anilines is 1. The molecule has 0 spiro atoms. The molecular formula is C20H19N3O3. The van der Waals surface area contributed by atoms with E-state index >= 15 is 0 Å². The van der Waals surface area contributed by atoms with Crippen LogP contribution < -0.4 is 14.8 Å². The number of methoxy groups -OCH3 is 2. The second-order valence-corrected chi connectivity index (χ2v) is 5.49. The van der Waals surface area contributed by atoms with Gasteiger partial charge in [0.05, 0.1) is 19.9 Å². The van der Waals surface area contributed by atoms with Crippen molar-refractivity contribution in [1.29, 1.82) is 0 Å². The molecule has 6 nitrogen and oxygen atoms in total. The molecular weight excluding hydrogens is 330 g/mol. The number of benzene rings is 2. The summed E-state index contributed by atoms with van der Waals surface area (Å²) in [6.07, 6.45) is 4.88. The molecule has 0 aliphatic rings. The van der Waals surface area contributed by atoms with Crippen LogP contribution in [0.15, 0.2) is 60.8 Å². The Morgan fingerprint density at radius 2 is 1.92 bits per heavy atom. The van der Waals surface area contributed by atoms with Gasteiger partial charge in [0.1, 0.15) is 0 Å². The molecule has 1 heterocycles. The molecule has 0 saturated heterocycles. The number of ether oxygens (including phenoxy) is 2. The number of aromatic amines is 1. The SMILES string of the molecule is COc1ccc(/C=C/C(=O)Nc2cccc(-c3ccn[nH]3)c2)cc1OC. The molecule has 26 heavy (non-hydrogen) atoms. The molecule has 3 rings (SSSR count). The normalized spacial score (nSPS) is 10.7. The van der Waals surface area contributed by atoms with Gasteiger partial charge < -0.3 is 14.8 Å². The molecule has 2 N–H and O–H groups in total. The minimum absolute atomic E-state index is 0.221. The molecule has 0 radical (unpaired) electrons. The van der Waals surface area contributed by atoms with Crippen LogP contribution >= 0.6 is 0 Å². The number of carbonyl (C=O) groups excluding carboxylic acids is 1. The van der Waals surface area contributed by atoms with E-state index in [4.69, 9.17) is 9.47 Å². The summed E-state index contributed by atoms with van der Waals surface area (Å²) < 4.78 is 10.5. The molecule has 2 aromatic carbocycles. The number of rotatable bonds is 6. The van der Waals surface area contributed by atoms with E-state index in [1.54, 1.807) is 32.6 Å². The molecule has 132 valence electrons. The first-order chi connectivity index (χ1) is 12.7. The highest BCUT2D eigenvalue weighted by Gasteiger charge is 2.04. The van der Waals surface area contributed by atoms with Crippen molar-refractivity contribution in [3.05, 3.63) is 66.4 Å². The van der Waals surface area contributed by atoms with Gasteiger partial charge in [0.2, 0.25) is 5.91 Å². The van der Waals surface area contributed by atoms with Crippen molar-refractivity contribution in [2.24, 2.45) is 0 Å². The van der Waals surface area contributed by atoms with Crippen molar-refractivity contribution in [2.75, 3.05) is 19.5 Å². The highest BCUT2D eigenvalue weighted by molar-refractivity contribution is 6.02. The van der Waals surface area contributed by atoms with Gasteiger partial charge in [0.25, 0.3) is 0 Å². The average Bonchev–Trinajstić information content (AvgIpc) is 3.21. The van der Waals surface area contributed by atoms with Gasteiger partial charge in [-0.1, -0.05) is 18.2 Å². The van der Waals surface area contributed by atoms with Crippen LogP contribution in [0, 0.1) is 0 Å². The number of hydrogen-bond acceptors (Lipinski definition) is 4. The van der Waals surface area contributed by atoms with Gasteiger partial charge in [-0.05, 0) is 42.0 Å². The van der Waals surface area contributed by atoms with Crippen LogP contribution in [0.2, 0.25) is 0 Å². The van der Waals surface area contributed by atoms with Crippen LogP contribution in [-0.4, -0.2) is 30.3 Å². The predicted molar refractivity (Wildman–Crippen MR) is 101 cm³/mol. The lowest BCUT2D eigenvalue weighted by atomic mass is 10.1. The largest absolute Gasteiger partial charge is 0.493 e. The number of nitrogens with zero attached hydrogens (tertiary/aromatic N) is 1. The lowest BCUT2D eigenvalue weighted by molar-refractivity contribution is -0.111. The summed E-state index contributed by atoms with van der Waals surface area (Å²) in [6, 6.07) is 14.9. The summed E-state index contributed by atoms with van der Waals surface area (Å²) in [7, 11) is 3.16. The predicted octanol–water partition coefficient (Wildman–Crippen LogP) is 3.75. The second kappa shape index (κ2) is 8.02. The molecule has 0 aliphatic heterocycles. The number of hydrogen-bond donors (Lipinski definition) is 2. The third-order valence-corrected chi connectivity index (χ3v) is 3.78. The van der Waals surface area contributed by atoms with Crippen molar-refractivity contribution in [2.45, 2.75) is 0 Å². The van der Waals surface area contributed by atoms with Crippen molar-refractivity contribution < 1.29 is 14.3 Å². The molecule has 0 saturated carbocycles. The lowest BCUT2D eigenvalue weighted by Crippen LogP contribution is -2.07. The first-order valence-electron chi connectivity index (χ1n) is 8.00. The Kier molecular flexibility index (Phi) is 5.34.